The number of unbranched alkanes of at least 4 members (excludes halogenated alkanes) is 4. The maximum atomic E-state index is 11.7. The molecule has 0 spiro atoms. The van der Waals surface area contributed by atoms with Crippen LogP contribution in [0.3, 0.4) is 0 Å². The van der Waals surface area contributed by atoms with Crippen molar-refractivity contribution in [1.82, 2.24) is 0 Å². The quantitative estimate of drug-likeness (QED) is 0.331. The van der Waals surface area contributed by atoms with Gasteiger partial charge in [-0.2, -0.15) is 0 Å². The fourth-order valence-electron chi connectivity index (χ4n) is 2.19. The summed E-state index contributed by atoms with van der Waals surface area (Å²) in [7, 11) is 1.60. The first-order valence-electron chi connectivity index (χ1n) is 8.97. The smallest absolute Gasteiger partial charge is 0.330 e. The zero-order chi connectivity index (χ0) is 18.3. The Morgan fingerprint density at radius 2 is 1.88 bits per heavy atom. The Balaban J connectivity index is 2.44. The van der Waals surface area contributed by atoms with E-state index in [9.17, 15) is 4.79 Å². The predicted octanol–water partition coefficient (Wildman–Crippen LogP) is 3.98. The van der Waals surface area contributed by atoms with Crippen molar-refractivity contribution in [3.8, 4) is 11.5 Å². The second kappa shape index (κ2) is 13.3. The van der Waals surface area contributed by atoms with Crippen molar-refractivity contribution < 1.29 is 24.1 Å². The maximum absolute atomic E-state index is 11.7. The molecular formula is C20H30O5. The van der Waals surface area contributed by atoms with E-state index in [1.165, 1.54) is 6.08 Å². The van der Waals surface area contributed by atoms with E-state index in [0.717, 1.165) is 44.1 Å². The van der Waals surface area contributed by atoms with Crippen LogP contribution in [-0.2, 0) is 9.53 Å². The zero-order valence-corrected chi connectivity index (χ0v) is 15.3. The van der Waals surface area contributed by atoms with Crippen molar-refractivity contribution in [3.63, 3.8) is 0 Å². The lowest BCUT2D eigenvalue weighted by molar-refractivity contribution is -0.137. The number of rotatable bonds is 13. The van der Waals surface area contributed by atoms with Crippen molar-refractivity contribution in [2.24, 2.45) is 0 Å². The van der Waals surface area contributed by atoms with Crippen LogP contribution in [0.1, 0.15) is 51.0 Å². The summed E-state index contributed by atoms with van der Waals surface area (Å²) in [6.07, 6.45) is 8.71. The summed E-state index contributed by atoms with van der Waals surface area (Å²) in [6.45, 7) is 3.39. The molecule has 0 amide bonds. The highest BCUT2D eigenvalue weighted by molar-refractivity contribution is 5.87. The van der Waals surface area contributed by atoms with Crippen LogP contribution in [0.25, 0.3) is 6.08 Å². The van der Waals surface area contributed by atoms with E-state index in [2.05, 4.69) is 6.92 Å². The SMILES string of the molecule is CCCCOc1ccc(/C=C/C(=O)OCCCCCCO)cc1OC. The Labute approximate surface area is 150 Å². The summed E-state index contributed by atoms with van der Waals surface area (Å²) in [5, 5.41) is 8.69. The van der Waals surface area contributed by atoms with Gasteiger partial charge in [-0.1, -0.05) is 25.8 Å². The van der Waals surface area contributed by atoms with Crippen LogP contribution < -0.4 is 9.47 Å². The Bertz CT molecular complexity index is 525. The summed E-state index contributed by atoms with van der Waals surface area (Å²) in [5.41, 5.74) is 0.847. The highest BCUT2D eigenvalue weighted by Gasteiger charge is 2.05. The monoisotopic (exact) mass is 350 g/mol. The third kappa shape index (κ3) is 9.15. The Morgan fingerprint density at radius 3 is 2.60 bits per heavy atom. The van der Waals surface area contributed by atoms with Crippen LogP contribution >= 0.6 is 0 Å². The molecule has 25 heavy (non-hydrogen) atoms. The molecule has 1 aromatic rings. The van der Waals surface area contributed by atoms with Crippen LogP contribution in [0, 0.1) is 0 Å². The molecule has 5 nitrogen and oxygen atoms in total. The molecule has 0 saturated heterocycles. The molecule has 1 rings (SSSR count). The van der Waals surface area contributed by atoms with Crippen LogP contribution in [0.5, 0.6) is 11.5 Å². The van der Waals surface area contributed by atoms with Crippen molar-refractivity contribution in [2.45, 2.75) is 45.4 Å². The molecule has 0 aromatic heterocycles. The van der Waals surface area contributed by atoms with Crippen LogP contribution in [0.15, 0.2) is 24.3 Å². The molecule has 1 N–H and O–H groups in total. The van der Waals surface area contributed by atoms with E-state index < -0.39 is 0 Å². The molecular weight excluding hydrogens is 320 g/mol. The number of carbonyl (C=O) groups is 1. The normalized spacial score (nSPS) is 10.8. The number of esters is 1. The minimum atomic E-state index is -0.357. The molecule has 0 aliphatic carbocycles. The first-order valence-corrected chi connectivity index (χ1v) is 8.97. The molecule has 0 unspecified atom stereocenters. The summed E-state index contributed by atoms with van der Waals surface area (Å²) in [6, 6.07) is 5.56. The summed E-state index contributed by atoms with van der Waals surface area (Å²) >= 11 is 0. The molecule has 0 saturated carbocycles. The standard InChI is InChI=1S/C20H30O5/c1-3-4-14-24-18-11-9-17(16-19(18)23-2)10-12-20(22)25-15-8-6-5-7-13-21/h9-12,16,21H,3-8,13-15H2,1-2H3/b12-10+. The maximum Gasteiger partial charge on any atom is 0.330 e. The highest BCUT2D eigenvalue weighted by atomic mass is 16.5. The number of aliphatic hydroxyl groups excluding tert-OH is 1. The lowest BCUT2D eigenvalue weighted by Gasteiger charge is -2.10. The van der Waals surface area contributed by atoms with Crippen molar-refractivity contribution in [2.75, 3.05) is 26.9 Å². The van der Waals surface area contributed by atoms with Gasteiger partial charge >= 0.3 is 5.97 Å². The molecule has 140 valence electrons. The summed E-state index contributed by atoms with van der Waals surface area (Å²) < 4.78 is 16.2. The zero-order valence-electron chi connectivity index (χ0n) is 15.3. The van der Waals surface area contributed by atoms with Crippen LogP contribution in [-0.4, -0.2) is 38.0 Å². The number of benzene rings is 1. The topological polar surface area (TPSA) is 65.0 Å². The van der Waals surface area contributed by atoms with E-state index in [-0.39, 0.29) is 12.6 Å². The van der Waals surface area contributed by atoms with Gasteiger partial charge in [-0.05, 0) is 49.5 Å². The molecule has 0 aliphatic rings. The first kappa shape index (κ1) is 21.0. The lowest BCUT2D eigenvalue weighted by Crippen LogP contribution is -2.02. The second-order valence-electron chi connectivity index (χ2n) is 5.75. The van der Waals surface area contributed by atoms with E-state index in [4.69, 9.17) is 19.3 Å². The number of carbonyl (C=O) groups excluding carboxylic acids is 1. The highest BCUT2D eigenvalue weighted by Crippen LogP contribution is 2.28. The lowest BCUT2D eigenvalue weighted by atomic mass is 10.2. The summed E-state index contributed by atoms with van der Waals surface area (Å²) in [5.74, 6) is 0.999. The predicted molar refractivity (Wildman–Crippen MR) is 98.9 cm³/mol. The minimum Gasteiger partial charge on any atom is -0.493 e. The Hall–Kier alpha value is -2.01. The number of hydrogen-bond donors (Lipinski definition) is 1. The molecule has 0 bridgehead atoms. The van der Waals surface area contributed by atoms with Crippen molar-refractivity contribution in [3.05, 3.63) is 29.8 Å². The minimum absolute atomic E-state index is 0.217. The fourth-order valence-corrected chi connectivity index (χ4v) is 2.19. The fraction of sp³-hybridized carbons (Fsp3) is 0.550. The molecule has 0 aliphatic heterocycles. The number of methoxy groups -OCH3 is 1. The first-order chi connectivity index (χ1) is 12.2. The van der Waals surface area contributed by atoms with Gasteiger partial charge in [0, 0.05) is 12.7 Å². The third-order valence-electron chi connectivity index (χ3n) is 3.65. The van der Waals surface area contributed by atoms with Gasteiger partial charge < -0.3 is 19.3 Å². The van der Waals surface area contributed by atoms with Crippen molar-refractivity contribution >= 4 is 12.0 Å². The van der Waals surface area contributed by atoms with Gasteiger partial charge in [0.2, 0.25) is 0 Å². The molecule has 0 radical (unpaired) electrons. The van der Waals surface area contributed by atoms with Gasteiger partial charge in [0.1, 0.15) is 0 Å². The van der Waals surface area contributed by atoms with Gasteiger partial charge in [0.05, 0.1) is 20.3 Å². The second-order valence-corrected chi connectivity index (χ2v) is 5.75. The molecule has 5 heteroatoms. The summed E-state index contributed by atoms with van der Waals surface area (Å²) in [4.78, 5) is 11.7. The van der Waals surface area contributed by atoms with Gasteiger partial charge in [0.15, 0.2) is 11.5 Å². The van der Waals surface area contributed by atoms with Crippen molar-refractivity contribution in [1.29, 1.82) is 0 Å². The Kier molecular flexibility index (Phi) is 11.2. The molecule has 1 aromatic carbocycles. The third-order valence-corrected chi connectivity index (χ3v) is 3.65. The molecule has 0 atom stereocenters. The van der Waals surface area contributed by atoms with E-state index in [1.807, 2.05) is 18.2 Å². The average Bonchev–Trinajstić information content (AvgIpc) is 2.63. The number of ether oxygens (including phenoxy) is 3. The molecule has 0 heterocycles. The van der Waals surface area contributed by atoms with E-state index in [0.29, 0.717) is 24.7 Å². The van der Waals surface area contributed by atoms with E-state index in [1.54, 1.807) is 13.2 Å². The van der Waals surface area contributed by atoms with Crippen LogP contribution in [0.2, 0.25) is 0 Å². The van der Waals surface area contributed by atoms with E-state index >= 15 is 0 Å². The number of hydrogen-bond acceptors (Lipinski definition) is 5. The van der Waals surface area contributed by atoms with Gasteiger partial charge in [-0.15, -0.1) is 0 Å². The largest absolute Gasteiger partial charge is 0.493 e. The molecule has 0 fully saturated rings. The Morgan fingerprint density at radius 1 is 1.08 bits per heavy atom. The number of aliphatic hydroxyl groups is 1. The van der Waals surface area contributed by atoms with Gasteiger partial charge in [-0.25, -0.2) is 4.79 Å². The van der Waals surface area contributed by atoms with Gasteiger partial charge in [-0.3, -0.25) is 0 Å². The van der Waals surface area contributed by atoms with Crippen LogP contribution in [0.4, 0.5) is 0 Å². The average molecular weight is 350 g/mol. The van der Waals surface area contributed by atoms with Gasteiger partial charge in [0.25, 0.3) is 0 Å².